The van der Waals surface area contributed by atoms with E-state index in [4.69, 9.17) is 0 Å². The molecule has 0 saturated heterocycles. The standard InChI is InChI=1S/C25H46/c1-3-5-7-12-22-18-20-23(21-19-22)13-8-9-15-25-17-11-10-16-24(25)14-6-4-2/h6,14,22-25H,3-5,7-13,15-21H2,1-2H3/b14-6+/t22-,23-,24?,25?. The molecule has 0 aromatic rings. The Morgan fingerprint density at radius 3 is 1.92 bits per heavy atom. The monoisotopic (exact) mass is 346 g/mol. The van der Waals surface area contributed by atoms with E-state index in [-0.39, 0.29) is 0 Å². The number of rotatable bonds is 11. The number of unbranched alkanes of at least 4 members (excludes halogenated alkanes) is 3. The number of hydrogen-bond donors (Lipinski definition) is 0. The predicted octanol–water partition coefficient (Wildman–Crippen LogP) is 8.71. The Kier molecular flexibility index (Phi) is 10.9. The quantitative estimate of drug-likeness (QED) is 0.259. The minimum Gasteiger partial charge on any atom is -0.0885 e. The molecule has 0 nitrogen and oxygen atoms in total. The number of allylic oxidation sites excluding steroid dienone is 2. The maximum Gasteiger partial charge on any atom is -0.0205 e. The van der Waals surface area contributed by atoms with Crippen LogP contribution in [-0.2, 0) is 0 Å². The van der Waals surface area contributed by atoms with Crippen molar-refractivity contribution in [3.05, 3.63) is 12.2 Å². The van der Waals surface area contributed by atoms with Crippen molar-refractivity contribution in [3.8, 4) is 0 Å². The van der Waals surface area contributed by atoms with Crippen LogP contribution in [0, 0.1) is 23.7 Å². The highest BCUT2D eigenvalue weighted by molar-refractivity contribution is 4.93. The van der Waals surface area contributed by atoms with Crippen LogP contribution in [0.3, 0.4) is 0 Å². The van der Waals surface area contributed by atoms with Gasteiger partial charge >= 0.3 is 0 Å². The van der Waals surface area contributed by atoms with Gasteiger partial charge in [0.05, 0.1) is 0 Å². The first-order chi connectivity index (χ1) is 12.3. The van der Waals surface area contributed by atoms with Gasteiger partial charge in [0.2, 0.25) is 0 Å². The predicted molar refractivity (Wildman–Crippen MR) is 113 cm³/mol. The molecule has 2 aliphatic carbocycles. The second kappa shape index (κ2) is 13.0. The lowest BCUT2D eigenvalue weighted by Crippen LogP contribution is -2.18. The van der Waals surface area contributed by atoms with E-state index in [1.807, 2.05) is 0 Å². The highest BCUT2D eigenvalue weighted by Crippen LogP contribution is 2.37. The Bertz CT molecular complexity index is 334. The highest BCUT2D eigenvalue weighted by Gasteiger charge is 2.23. The molecule has 0 heterocycles. The average Bonchev–Trinajstić information content (AvgIpc) is 2.65. The van der Waals surface area contributed by atoms with Crippen LogP contribution in [0.1, 0.15) is 123 Å². The van der Waals surface area contributed by atoms with E-state index >= 15 is 0 Å². The van der Waals surface area contributed by atoms with Crippen LogP contribution in [0.15, 0.2) is 12.2 Å². The highest BCUT2D eigenvalue weighted by atomic mass is 14.3. The van der Waals surface area contributed by atoms with Gasteiger partial charge in [-0.2, -0.15) is 0 Å². The first-order valence-electron chi connectivity index (χ1n) is 12.0. The molecular weight excluding hydrogens is 300 g/mol. The van der Waals surface area contributed by atoms with Crippen molar-refractivity contribution in [1.82, 2.24) is 0 Å². The minimum atomic E-state index is 0.909. The molecular formula is C25H46. The zero-order valence-corrected chi connectivity index (χ0v) is 17.5. The van der Waals surface area contributed by atoms with Crippen molar-refractivity contribution in [2.75, 3.05) is 0 Å². The van der Waals surface area contributed by atoms with Crippen molar-refractivity contribution in [2.45, 2.75) is 123 Å². The lowest BCUT2D eigenvalue weighted by molar-refractivity contribution is 0.234. The maximum absolute atomic E-state index is 2.56. The normalized spacial score (nSPS) is 30.8. The van der Waals surface area contributed by atoms with Crippen molar-refractivity contribution < 1.29 is 0 Å². The van der Waals surface area contributed by atoms with E-state index in [1.54, 1.807) is 25.7 Å². The molecule has 0 aromatic heterocycles. The zero-order chi connectivity index (χ0) is 17.7. The summed E-state index contributed by atoms with van der Waals surface area (Å²) >= 11 is 0. The lowest BCUT2D eigenvalue weighted by Gasteiger charge is -2.30. The van der Waals surface area contributed by atoms with Crippen molar-refractivity contribution in [1.29, 1.82) is 0 Å². The molecule has 2 saturated carbocycles. The van der Waals surface area contributed by atoms with Gasteiger partial charge in [-0.25, -0.2) is 0 Å². The van der Waals surface area contributed by atoms with E-state index < -0.39 is 0 Å². The molecule has 25 heavy (non-hydrogen) atoms. The Hall–Kier alpha value is -0.260. The van der Waals surface area contributed by atoms with E-state index in [9.17, 15) is 0 Å². The van der Waals surface area contributed by atoms with E-state index in [2.05, 4.69) is 26.0 Å². The van der Waals surface area contributed by atoms with Gasteiger partial charge in [-0.05, 0) is 49.4 Å². The Morgan fingerprint density at radius 2 is 1.28 bits per heavy atom. The molecule has 2 aliphatic rings. The summed E-state index contributed by atoms with van der Waals surface area (Å²) in [4.78, 5) is 0. The summed E-state index contributed by atoms with van der Waals surface area (Å²) in [6, 6.07) is 0. The van der Waals surface area contributed by atoms with Crippen molar-refractivity contribution in [3.63, 3.8) is 0 Å². The molecule has 0 aliphatic heterocycles. The lowest BCUT2D eigenvalue weighted by atomic mass is 9.75. The van der Waals surface area contributed by atoms with Gasteiger partial charge in [0.1, 0.15) is 0 Å². The summed E-state index contributed by atoms with van der Waals surface area (Å²) in [5.41, 5.74) is 0. The summed E-state index contributed by atoms with van der Waals surface area (Å²) < 4.78 is 0. The fourth-order valence-corrected chi connectivity index (χ4v) is 5.49. The Labute approximate surface area is 159 Å². The van der Waals surface area contributed by atoms with Crippen molar-refractivity contribution >= 4 is 0 Å². The molecule has 0 aromatic carbocycles. The van der Waals surface area contributed by atoms with Crippen LogP contribution in [0.25, 0.3) is 0 Å². The van der Waals surface area contributed by atoms with Crippen LogP contribution in [0.4, 0.5) is 0 Å². The van der Waals surface area contributed by atoms with E-state index in [1.165, 1.54) is 83.5 Å². The molecule has 0 amide bonds. The first-order valence-corrected chi connectivity index (χ1v) is 12.0. The SMILES string of the molecule is CC/C=C/C1CCCCC1CCCC[C@H]1CC[C@H](CCCCC)CC1. The van der Waals surface area contributed by atoms with Crippen molar-refractivity contribution in [2.24, 2.45) is 23.7 Å². The second-order valence-electron chi connectivity index (χ2n) is 9.21. The molecule has 2 fully saturated rings. The third kappa shape index (κ3) is 8.31. The minimum absolute atomic E-state index is 0.909. The molecule has 0 radical (unpaired) electrons. The topological polar surface area (TPSA) is 0 Å². The van der Waals surface area contributed by atoms with Gasteiger partial charge in [0.25, 0.3) is 0 Å². The third-order valence-electron chi connectivity index (χ3n) is 7.21. The average molecular weight is 347 g/mol. The molecule has 2 atom stereocenters. The zero-order valence-electron chi connectivity index (χ0n) is 17.5. The van der Waals surface area contributed by atoms with Gasteiger partial charge in [-0.3, -0.25) is 0 Å². The largest absolute Gasteiger partial charge is 0.0885 e. The molecule has 0 heteroatoms. The molecule has 146 valence electrons. The van der Waals surface area contributed by atoms with E-state index in [0.29, 0.717) is 0 Å². The van der Waals surface area contributed by atoms with Gasteiger partial charge in [0.15, 0.2) is 0 Å². The second-order valence-corrected chi connectivity index (χ2v) is 9.21. The van der Waals surface area contributed by atoms with Crippen LogP contribution in [0.5, 0.6) is 0 Å². The van der Waals surface area contributed by atoms with Gasteiger partial charge in [0, 0.05) is 0 Å². The van der Waals surface area contributed by atoms with Gasteiger partial charge in [-0.1, -0.05) is 109 Å². The first kappa shape index (κ1) is 21.0. The fourth-order valence-electron chi connectivity index (χ4n) is 5.49. The van der Waals surface area contributed by atoms with E-state index in [0.717, 1.165) is 23.7 Å². The molecule has 2 unspecified atom stereocenters. The molecule has 0 N–H and O–H groups in total. The summed E-state index contributed by atoms with van der Waals surface area (Å²) in [5, 5.41) is 0. The summed E-state index contributed by atoms with van der Waals surface area (Å²) in [6.07, 6.45) is 30.2. The molecule has 0 spiro atoms. The smallest absolute Gasteiger partial charge is 0.0205 e. The van der Waals surface area contributed by atoms with Gasteiger partial charge in [-0.15, -0.1) is 0 Å². The van der Waals surface area contributed by atoms with Crippen LogP contribution >= 0.6 is 0 Å². The molecule has 2 rings (SSSR count). The van der Waals surface area contributed by atoms with Crippen LogP contribution in [0.2, 0.25) is 0 Å². The third-order valence-corrected chi connectivity index (χ3v) is 7.21. The fraction of sp³-hybridized carbons (Fsp3) is 0.920. The Balaban J connectivity index is 1.54. The van der Waals surface area contributed by atoms with Gasteiger partial charge < -0.3 is 0 Å². The maximum atomic E-state index is 2.56. The summed E-state index contributed by atoms with van der Waals surface area (Å²) in [7, 11) is 0. The van der Waals surface area contributed by atoms with Crippen LogP contribution in [-0.4, -0.2) is 0 Å². The summed E-state index contributed by atoms with van der Waals surface area (Å²) in [5.74, 6) is 4.07. The summed E-state index contributed by atoms with van der Waals surface area (Å²) in [6.45, 7) is 4.60. The Morgan fingerprint density at radius 1 is 0.680 bits per heavy atom. The number of hydrogen-bond acceptors (Lipinski definition) is 0. The van der Waals surface area contributed by atoms with Crippen LogP contribution < -0.4 is 0 Å². The molecule has 0 bridgehead atoms.